The van der Waals surface area contributed by atoms with E-state index in [0.29, 0.717) is 24.3 Å². The monoisotopic (exact) mass is 325 g/mol. The minimum atomic E-state index is 0.408. The van der Waals surface area contributed by atoms with Crippen molar-refractivity contribution in [2.45, 2.75) is 38.4 Å². The van der Waals surface area contributed by atoms with Crippen molar-refractivity contribution in [3.63, 3.8) is 0 Å². The Hall–Kier alpha value is -2.61. The molecule has 3 aromatic heterocycles. The summed E-state index contributed by atoms with van der Waals surface area (Å²) in [6, 6.07) is 6.07. The molecule has 0 N–H and O–H groups in total. The average molecular weight is 325 g/mol. The van der Waals surface area contributed by atoms with Gasteiger partial charge in [0.25, 0.3) is 0 Å². The van der Waals surface area contributed by atoms with E-state index in [0.717, 1.165) is 25.2 Å². The summed E-state index contributed by atoms with van der Waals surface area (Å²) in [6.45, 7) is 2.51. The fourth-order valence-corrected chi connectivity index (χ4v) is 3.11. The van der Waals surface area contributed by atoms with Crippen molar-refractivity contribution in [2.75, 3.05) is 6.54 Å². The van der Waals surface area contributed by atoms with Crippen LogP contribution in [0.2, 0.25) is 0 Å². The molecule has 0 aromatic carbocycles. The summed E-state index contributed by atoms with van der Waals surface area (Å²) in [7, 11) is 0. The minimum Gasteiger partial charge on any atom is -0.337 e. The van der Waals surface area contributed by atoms with Crippen molar-refractivity contribution in [1.29, 1.82) is 0 Å². The van der Waals surface area contributed by atoms with Crippen LogP contribution in [0, 0.1) is 0 Å². The van der Waals surface area contributed by atoms with Crippen LogP contribution in [0.1, 0.15) is 25.2 Å². The molecule has 8 nitrogen and oxygen atoms in total. The minimum absolute atomic E-state index is 0.408. The van der Waals surface area contributed by atoms with Crippen LogP contribution in [0.15, 0.2) is 41.6 Å². The third-order valence-electron chi connectivity index (χ3n) is 4.31. The van der Waals surface area contributed by atoms with Crippen molar-refractivity contribution < 1.29 is 4.52 Å². The lowest BCUT2D eigenvalue weighted by atomic mass is 10.0. The van der Waals surface area contributed by atoms with Gasteiger partial charge in [-0.25, -0.2) is 4.98 Å². The Morgan fingerprint density at radius 2 is 2.25 bits per heavy atom. The quantitative estimate of drug-likeness (QED) is 0.706. The van der Waals surface area contributed by atoms with Crippen LogP contribution in [-0.4, -0.2) is 47.4 Å². The molecule has 1 saturated heterocycles. The first kappa shape index (κ1) is 14.9. The lowest BCUT2D eigenvalue weighted by Crippen LogP contribution is -2.41. The van der Waals surface area contributed by atoms with E-state index < -0.39 is 0 Å². The van der Waals surface area contributed by atoms with Crippen molar-refractivity contribution >= 4 is 0 Å². The van der Waals surface area contributed by atoms with Gasteiger partial charge in [0.1, 0.15) is 18.3 Å². The van der Waals surface area contributed by atoms with Gasteiger partial charge in [0, 0.05) is 12.2 Å². The molecule has 4 heterocycles. The van der Waals surface area contributed by atoms with Crippen molar-refractivity contribution in [2.24, 2.45) is 0 Å². The normalized spacial score (nSPS) is 18.8. The summed E-state index contributed by atoms with van der Waals surface area (Å²) in [4.78, 5) is 15.2. The van der Waals surface area contributed by atoms with E-state index in [1.165, 1.54) is 12.8 Å². The van der Waals surface area contributed by atoms with Gasteiger partial charge in [-0.05, 0) is 31.5 Å². The molecule has 1 aliphatic rings. The maximum atomic E-state index is 5.43. The average Bonchev–Trinajstić information content (AvgIpc) is 3.29. The van der Waals surface area contributed by atoms with Gasteiger partial charge < -0.3 is 4.52 Å². The van der Waals surface area contributed by atoms with Crippen LogP contribution >= 0.6 is 0 Å². The van der Waals surface area contributed by atoms with Crippen LogP contribution in [0.4, 0.5) is 0 Å². The predicted molar refractivity (Wildman–Crippen MR) is 85.6 cm³/mol. The Bertz CT molecular complexity index is 756. The van der Waals surface area contributed by atoms with Crippen LogP contribution in [0.25, 0.3) is 11.5 Å². The van der Waals surface area contributed by atoms with Gasteiger partial charge >= 0.3 is 0 Å². The van der Waals surface area contributed by atoms with E-state index in [1.54, 1.807) is 18.9 Å². The molecule has 24 heavy (non-hydrogen) atoms. The number of rotatable bonds is 5. The van der Waals surface area contributed by atoms with Crippen LogP contribution < -0.4 is 0 Å². The number of nitrogens with zero attached hydrogens (tertiary/aromatic N) is 7. The Balaban J connectivity index is 1.46. The first-order chi connectivity index (χ1) is 11.9. The number of pyridine rings is 1. The topological polar surface area (TPSA) is 85.8 Å². The molecule has 8 heteroatoms. The highest BCUT2D eigenvalue weighted by molar-refractivity contribution is 5.46. The van der Waals surface area contributed by atoms with Gasteiger partial charge in [0.05, 0.1) is 13.1 Å². The number of likely N-dealkylation sites (tertiary alicyclic amines) is 1. The van der Waals surface area contributed by atoms with Crippen molar-refractivity contribution in [1.82, 2.24) is 34.8 Å². The van der Waals surface area contributed by atoms with Gasteiger partial charge in [-0.2, -0.15) is 10.1 Å². The van der Waals surface area contributed by atoms with Gasteiger partial charge in [-0.1, -0.05) is 17.6 Å². The molecule has 1 atom stereocenters. The summed E-state index contributed by atoms with van der Waals surface area (Å²) in [5.41, 5.74) is 0.727. The van der Waals surface area contributed by atoms with Gasteiger partial charge in [-0.3, -0.25) is 14.6 Å². The summed E-state index contributed by atoms with van der Waals surface area (Å²) in [5.74, 6) is 1.16. The number of piperidine rings is 1. The second kappa shape index (κ2) is 6.88. The molecule has 0 saturated carbocycles. The van der Waals surface area contributed by atoms with E-state index in [9.17, 15) is 0 Å². The molecule has 0 amide bonds. The van der Waals surface area contributed by atoms with Gasteiger partial charge in [0.15, 0.2) is 0 Å². The number of hydrogen-bond acceptors (Lipinski definition) is 7. The maximum Gasteiger partial charge on any atom is 0.241 e. The lowest BCUT2D eigenvalue weighted by Gasteiger charge is -2.34. The van der Waals surface area contributed by atoms with Crippen molar-refractivity contribution in [3.05, 3.63) is 42.9 Å². The molecule has 0 unspecified atom stereocenters. The molecule has 3 aromatic rings. The van der Waals surface area contributed by atoms with Crippen molar-refractivity contribution in [3.8, 4) is 11.5 Å². The van der Waals surface area contributed by atoms with Crippen LogP contribution in [0.3, 0.4) is 0 Å². The first-order valence-electron chi connectivity index (χ1n) is 8.19. The number of aromatic nitrogens is 6. The second-order valence-corrected chi connectivity index (χ2v) is 5.96. The van der Waals surface area contributed by atoms with E-state index >= 15 is 0 Å². The van der Waals surface area contributed by atoms with E-state index in [4.69, 9.17) is 4.52 Å². The molecule has 4 rings (SSSR count). The molecule has 0 spiro atoms. The summed E-state index contributed by atoms with van der Waals surface area (Å²) >= 11 is 0. The largest absolute Gasteiger partial charge is 0.337 e. The highest BCUT2D eigenvalue weighted by Gasteiger charge is 2.25. The zero-order chi connectivity index (χ0) is 16.2. The summed E-state index contributed by atoms with van der Waals surface area (Å²) in [5, 5.41) is 8.26. The molecule has 0 radical (unpaired) electrons. The van der Waals surface area contributed by atoms with E-state index in [1.807, 2.05) is 22.9 Å². The molecule has 0 bridgehead atoms. The highest BCUT2D eigenvalue weighted by atomic mass is 16.5. The Morgan fingerprint density at radius 3 is 3.08 bits per heavy atom. The second-order valence-electron chi connectivity index (χ2n) is 5.96. The zero-order valence-electron chi connectivity index (χ0n) is 13.3. The molecule has 0 aliphatic carbocycles. The molecular weight excluding hydrogens is 306 g/mol. The van der Waals surface area contributed by atoms with E-state index in [-0.39, 0.29) is 0 Å². The third-order valence-corrected chi connectivity index (χ3v) is 4.31. The smallest absolute Gasteiger partial charge is 0.241 e. The maximum absolute atomic E-state index is 5.43. The molecule has 1 aliphatic heterocycles. The predicted octanol–water partition coefficient (Wildman–Crippen LogP) is 1.78. The molecular formula is C16H19N7O. The Labute approximate surface area is 139 Å². The fraction of sp³-hybridized carbons (Fsp3) is 0.438. The Morgan fingerprint density at radius 1 is 1.25 bits per heavy atom. The van der Waals surface area contributed by atoms with E-state index in [2.05, 4.69) is 30.1 Å². The zero-order valence-corrected chi connectivity index (χ0v) is 13.3. The van der Waals surface area contributed by atoms with Crippen LogP contribution in [-0.2, 0) is 13.1 Å². The van der Waals surface area contributed by atoms with Gasteiger partial charge in [-0.15, -0.1) is 0 Å². The lowest BCUT2D eigenvalue weighted by molar-refractivity contribution is 0.108. The van der Waals surface area contributed by atoms with Gasteiger partial charge in [0.2, 0.25) is 11.7 Å². The Kier molecular flexibility index (Phi) is 4.28. The molecule has 1 fully saturated rings. The highest BCUT2D eigenvalue weighted by Crippen LogP contribution is 2.21. The first-order valence-corrected chi connectivity index (χ1v) is 8.19. The SMILES string of the molecule is c1ccc(-c2noc(CN3CCCC[C@H]3Cn3cncn3)n2)nc1. The fourth-order valence-electron chi connectivity index (χ4n) is 3.11. The summed E-state index contributed by atoms with van der Waals surface area (Å²) < 4.78 is 7.31. The number of hydrogen-bond donors (Lipinski definition) is 0. The van der Waals surface area contributed by atoms with Crippen LogP contribution in [0.5, 0.6) is 0 Å². The standard InChI is InChI=1S/C16H19N7O/c1-3-7-18-14(6-1)16-20-15(24-21-16)10-22-8-4-2-5-13(22)9-23-12-17-11-19-23/h1,3,6-7,11-13H,2,4-5,8-10H2/t13-/m0/s1. The third kappa shape index (κ3) is 3.33. The molecule has 124 valence electrons. The summed E-state index contributed by atoms with van der Waals surface area (Å²) in [6.07, 6.45) is 8.63.